The zero-order valence-corrected chi connectivity index (χ0v) is 8.70. The van der Waals surface area contributed by atoms with E-state index in [0.29, 0.717) is 0 Å². The Morgan fingerprint density at radius 2 is 2.38 bits per heavy atom. The summed E-state index contributed by atoms with van der Waals surface area (Å²) in [5.41, 5.74) is 0. The second-order valence-corrected chi connectivity index (χ2v) is 3.89. The van der Waals surface area contributed by atoms with Gasteiger partial charge < -0.3 is 9.84 Å². The fourth-order valence-corrected chi connectivity index (χ4v) is 2.06. The summed E-state index contributed by atoms with van der Waals surface area (Å²) in [6.45, 7) is 5.68. The SMILES string of the molecule is C=CC1CCC(C(O)CCl)C(C)O1. The Balaban J connectivity index is 2.47. The molecule has 0 saturated carbocycles. The molecule has 2 nitrogen and oxygen atoms in total. The number of hydrogen-bond acceptors (Lipinski definition) is 2. The van der Waals surface area contributed by atoms with Crippen LogP contribution in [0.1, 0.15) is 19.8 Å². The van der Waals surface area contributed by atoms with E-state index < -0.39 is 6.10 Å². The Labute approximate surface area is 84.5 Å². The molecule has 0 aromatic heterocycles. The summed E-state index contributed by atoms with van der Waals surface area (Å²) in [7, 11) is 0. The summed E-state index contributed by atoms with van der Waals surface area (Å²) in [6.07, 6.45) is 3.50. The van der Waals surface area contributed by atoms with Gasteiger partial charge in [-0.25, -0.2) is 0 Å². The van der Waals surface area contributed by atoms with Crippen LogP contribution in [0.5, 0.6) is 0 Å². The van der Waals surface area contributed by atoms with Crippen LogP contribution in [-0.2, 0) is 4.74 Å². The molecule has 13 heavy (non-hydrogen) atoms. The van der Waals surface area contributed by atoms with Crippen molar-refractivity contribution >= 4 is 11.6 Å². The molecule has 0 spiro atoms. The summed E-state index contributed by atoms with van der Waals surface area (Å²) in [5, 5.41) is 9.57. The van der Waals surface area contributed by atoms with E-state index in [4.69, 9.17) is 16.3 Å². The minimum Gasteiger partial charge on any atom is -0.391 e. The van der Waals surface area contributed by atoms with Crippen LogP contribution in [0.25, 0.3) is 0 Å². The average molecular weight is 205 g/mol. The van der Waals surface area contributed by atoms with Gasteiger partial charge in [0.1, 0.15) is 0 Å². The second kappa shape index (κ2) is 4.99. The molecule has 1 N–H and O–H groups in total. The Morgan fingerprint density at radius 3 is 2.85 bits per heavy atom. The molecule has 1 fully saturated rings. The highest BCUT2D eigenvalue weighted by atomic mass is 35.5. The average Bonchev–Trinajstić information content (AvgIpc) is 2.16. The number of halogens is 1. The molecule has 76 valence electrons. The van der Waals surface area contributed by atoms with Crippen molar-refractivity contribution in [2.75, 3.05) is 5.88 Å². The van der Waals surface area contributed by atoms with Gasteiger partial charge in [0.2, 0.25) is 0 Å². The molecule has 0 aromatic carbocycles. The predicted octanol–water partition coefficient (Wildman–Crippen LogP) is 1.96. The molecule has 0 aliphatic carbocycles. The minimum absolute atomic E-state index is 0.0745. The van der Waals surface area contributed by atoms with E-state index in [1.165, 1.54) is 0 Å². The molecular formula is C10H17ClO2. The smallest absolute Gasteiger partial charge is 0.0757 e. The molecule has 1 rings (SSSR count). The van der Waals surface area contributed by atoms with Gasteiger partial charge in [0.25, 0.3) is 0 Å². The number of rotatable bonds is 3. The molecule has 0 radical (unpaired) electrons. The van der Waals surface area contributed by atoms with Crippen LogP contribution in [0, 0.1) is 5.92 Å². The Hall–Kier alpha value is -0.0500. The highest BCUT2D eigenvalue weighted by Gasteiger charge is 2.31. The topological polar surface area (TPSA) is 29.5 Å². The van der Waals surface area contributed by atoms with Gasteiger partial charge in [0.15, 0.2) is 0 Å². The molecule has 1 heterocycles. The summed E-state index contributed by atoms with van der Waals surface area (Å²) in [5.74, 6) is 0.464. The first-order chi connectivity index (χ1) is 6.19. The van der Waals surface area contributed by atoms with Crippen LogP contribution < -0.4 is 0 Å². The van der Waals surface area contributed by atoms with Crippen molar-refractivity contribution in [3.63, 3.8) is 0 Å². The molecule has 0 aromatic rings. The van der Waals surface area contributed by atoms with Gasteiger partial charge in [-0.1, -0.05) is 6.08 Å². The van der Waals surface area contributed by atoms with Crippen LogP contribution in [-0.4, -0.2) is 29.3 Å². The monoisotopic (exact) mass is 204 g/mol. The predicted molar refractivity (Wildman–Crippen MR) is 54.0 cm³/mol. The van der Waals surface area contributed by atoms with E-state index in [1.807, 2.05) is 13.0 Å². The van der Waals surface area contributed by atoms with E-state index in [0.717, 1.165) is 12.8 Å². The first kappa shape index (κ1) is 11.0. The molecular weight excluding hydrogens is 188 g/mol. The Kier molecular flexibility index (Phi) is 4.23. The Morgan fingerprint density at radius 1 is 1.69 bits per heavy atom. The van der Waals surface area contributed by atoms with Gasteiger partial charge in [0, 0.05) is 11.8 Å². The van der Waals surface area contributed by atoms with E-state index >= 15 is 0 Å². The van der Waals surface area contributed by atoms with Crippen LogP contribution in [0.2, 0.25) is 0 Å². The number of alkyl halides is 1. The van der Waals surface area contributed by atoms with Crippen LogP contribution in [0.15, 0.2) is 12.7 Å². The number of ether oxygens (including phenoxy) is 1. The number of hydrogen-bond donors (Lipinski definition) is 1. The zero-order valence-electron chi connectivity index (χ0n) is 7.95. The van der Waals surface area contributed by atoms with Gasteiger partial charge in [0.05, 0.1) is 18.3 Å². The third-order valence-corrected chi connectivity index (χ3v) is 3.01. The number of aliphatic hydroxyl groups is 1. The third-order valence-electron chi connectivity index (χ3n) is 2.69. The summed E-state index contributed by atoms with van der Waals surface area (Å²) in [4.78, 5) is 0. The highest BCUT2D eigenvalue weighted by Crippen LogP contribution is 2.28. The first-order valence-corrected chi connectivity index (χ1v) is 5.24. The third kappa shape index (κ3) is 2.70. The molecule has 0 bridgehead atoms. The quantitative estimate of drug-likeness (QED) is 0.563. The van der Waals surface area contributed by atoms with E-state index in [-0.39, 0.29) is 24.0 Å². The normalized spacial score (nSPS) is 37.0. The fourth-order valence-electron chi connectivity index (χ4n) is 1.83. The van der Waals surface area contributed by atoms with Crippen molar-refractivity contribution in [2.24, 2.45) is 5.92 Å². The largest absolute Gasteiger partial charge is 0.391 e. The lowest BCUT2D eigenvalue weighted by Crippen LogP contribution is -2.39. The van der Waals surface area contributed by atoms with Gasteiger partial charge >= 0.3 is 0 Å². The summed E-state index contributed by atoms with van der Waals surface area (Å²) >= 11 is 5.60. The summed E-state index contributed by atoms with van der Waals surface area (Å²) in [6, 6.07) is 0. The van der Waals surface area contributed by atoms with Crippen molar-refractivity contribution in [3.05, 3.63) is 12.7 Å². The molecule has 3 heteroatoms. The summed E-state index contributed by atoms with van der Waals surface area (Å²) < 4.78 is 5.63. The fraction of sp³-hybridized carbons (Fsp3) is 0.800. The molecule has 0 amide bonds. The second-order valence-electron chi connectivity index (χ2n) is 3.58. The lowest BCUT2D eigenvalue weighted by Gasteiger charge is -2.35. The van der Waals surface area contributed by atoms with Crippen LogP contribution in [0.4, 0.5) is 0 Å². The zero-order chi connectivity index (χ0) is 9.84. The van der Waals surface area contributed by atoms with Crippen LogP contribution in [0.3, 0.4) is 0 Å². The standard InChI is InChI=1S/C10H17ClO2/c1-3-8-4-5-9(7(2)13-8)10(12)6-11/h3,7-10,12H,1,4-6H2,2H3. The molecule has 1 aliphatic rings. The maximum absolute atomic E-state index is 9.57. The van der Waals surface area contributed by atoms with Gasteiger partial charge in [-0.15, -0.1) is 18.2 Å². The van der Waals surface area contributed by atoms with Gasteiger partial charge in [-0.05, 0) is 19.8 Å². The van der Waals surface area contributed by atoms with Crippen molar-refractivity contribution in [3.8, 4) is 0 Å². The van der Waals surface area contributed by atoms with Crippen molar-refractivity contribution in [1.29, 1.82) is 0 Å². The maximum Gasteiger partial charge on any atom is 0.0757 e. The van der Waals surface area contributed by atoms with Gasteiger partial charge in [-0.2, -0.15) is 0 Å². The van der Waals surface area contributed by atoms with Crippen molar-refractivity contribution in [1.82, 2.24) is 0 Å². The molecule has 4 unspecified atom stereocenters. The first-order valence-electron chi connectivity index (χ1n) is 4.71. The molecule has 1 aliphatic heterocycles. The van der Waals surface area contributed by atoms with Gasteiger partial charge in [-0.3, -0.25) is 0 Å². The number of aliphatic hydroxyl groups excluding tert-OH is 1. The lowest BCUT2D eigenvalue weighted by molar-refractivity contribution is -0.0838. The van der Waals surface area contributed by atoms with E-state index in [9.17, 15) is 5.11 Å². The lowest BCUT2D eigenvalue weighted by atomic mass is 9.88. The Bertz CT molecular complexity index is 172. The molecule has 4 atom stereocenters. The minimum atomic E-state index is -0.442. The van der Waals surface area contributed by atoms with Crippen molar-refractivity contribution in [2.45, 2.75) is 38.1 Å². The van der Waals surface area contributed by atoms with E-state index in [1.54, 1.807) is 0 Å². The van der Waals surface area contributed by atoms with Crippen LogP contribution >= 0.6 is 11.6 Å². The maximum atomic E-state index is 9.57. The van der Waals surface area contributed by atoms with Crippen molar-refractivity contribution < 1.29 is 9.84 Å². The highest BCUT2D eigenvalue weighted by molar-refractivity contribution is 6.18. The van der Waals surface area contributed by atoms with E-state index in [2.05, 4.69) is 6.58 Å². The molecule has 1 saturated heterocycles.